The zero-order chi connectivity index (χ0) is 17.7. The van der Waals surface area contributed by atoms with E-state index >= 15 is 0 Å². The van der Waals surface area contributed by atoms with Crippen molar-refractivity contribution in [3.63, 3.8) is 0 Å². The molecule has 0 fully saturated rings. The fraction of sp³-hybridized carbons (Fsp3) is 0.500. The number of aliphatic carboxylic acids is 1. The molecule has 1 atom stereocenters. The summed E-state index contributed by atoms with van der Waals surface area (Å²) in [6.45, 7) is 6.22. The lowest BCUT2D eigenvalue weighted by atomic mass is 9.95. The summed E-state index contributed by atoms with van der Waals surface area (Å²) in [6.07, 6.45) is 11.0. The Morgan fingerprint density at radius 3 is 2.21 bits per heavy atom. The molecule has 0 aromatic carbocycles. The number of carbonyl (C=O) groups is 2. The Morgan fingerprint density at radius 2 is 1.58 bits per heavy atom. The summed E-state index contributed by atoms with van der Waals surface area (Å²) in [5.41, 5.74) is 4.15. The average molecular weight is 330 g/mol. The summed E-state index contributed by atoms with van der Waals surface area (Å²) in [5.74, 6) is -1.90. The number of hydrogen-bond acceptors (Lipinski definition) is 3. The molecule has 0 spiro atoms. The van der Waals surface area contributed by atoms with E-state index in [1.807, 2.05) is 13.0 Å². The number of rotatable bonds is 1. The van der Waals surface area contributed by atoms with Crippen molar-refractivity contribution in [3.05, 3.63) is 46.1 Å². The maximum Gasteiger partial charge on any atom is 0.346 e. The molecule has 1 heterocycles. The number of carboxylic acids is 1. The third-order valence-electron chi connectivity index (χ3n) is 4.60. The van der Waals surface area contributed by atoms with E-state index in [-0.39, 0.29) is 5.57 Å². The van der Waals surface area contributed by atoms with E-state index in [2.05, 4.69) is 26.0 Å². The van der Waals surface area contributed by atoms with Gasteiger partial charge >= 0.3 is 11.9 Å². The van der Waals surface area contributed by atoms with Gasteiger partial charge in [-0.3, -0.25) is 0 Å². The van der Waals surface area contributed by atoms with Gasteiger partial charge in [-0.25, -0.2) is 9.59 Å². The molecule has 1 N–H and O–H groups in total. The van der Waals surface area contributed by atoms with Gasteiger partial charge in [0.05, 0.1) is 0 Å². The molecule has 4 nitrogen and oxygen atoms in total. The van der Waals surface area contributed by atoms with Gasteiger partial charge < -0.3 is 9.84 Å². The van der Waals surface area contributed by atoms with Crippen LogP contribution < -0.4 is 0 Å². The lowest BCUT2D eigenvalue weighted by Gasteiger charge is -2.13. The number of carboxylic acid groups (broad SMARTS) is 1. The predicted octanol–water partition coefficient (Wildman–Crippen LogP) is 4.49. The molecule has 24 heavy (non-hydrogen) atoms. The van der Waals surface area contributed by atoms with Crippen molar-refractivity contribution in [2.24, 2.45) is 0 Å². The first-order chi connectivity index (χ1) is 11.4. The second-order valence-electron chi connectivity index (χ2n) is 6.72. The van der Waals surface area contributed by atoms with Gasteiger partial charge in [0, 0.05) is 0 Å². The van der Waals surface area contributed by atoms with Gasteiger partial charge in [0.15, 0.2) is 0 Å². The predicted molar refractivity (Wildman–Crippen MR) is 93.5 cm³/mol. The number of fused-ring (bicyclic) bond motifs is 1. The van der Waals surface area contributed by atoms with Crippen LogP contribution in [0, 0.1) is 0 Å². The van der Waals surface area contributed by atoms with Gasteiger partial charge in [0.1, 0.15) is 11.7 Å². The first-order valence-corrected chi connectivity index (χ1v) is 8.54. The third kappa shape index (κ3) is 4.70. The highest BCUT2D eigenvalue weighted by Crippen LogP contribution is 2.30. The van der Waals surface area contributed by atoms with Crippen LogP contribution in [0.25, 0.3) is 0 Å². The number of allylic oxidation sites excluding steroid dienone is 5. The fourth-order valence-electron chi connectivity index (χ4n) is 3.12. The van der Waals surface area contributed by atoms with Crippen molar-refractivity contribution in [3.8, 4) is 0 Å². The van der Waals surface area contributed by atoms with Crippen LogP contribution in [0.5, 0.6) is 0 Å². The molecule has 1 unspecified atom stereocenters. The standard InChI is InChI=1S/C20H26O4/c1-13-6-4-8-14(2)10-11-16-17(12-15(3)9-5-7-13)24-20(23)18(16)19(21)22/h7-8,12,17H,4-6,9-11H2,1-3H3,(H,21,22)/b13-7+,14-8-,15-12+. The van der Waals surface area contributed by atoms with E-state index in [0.29, 0.717) is 12.0 Å². The monoisotopic (exact) mass is 330 g/mol. The normalized spacial score (nSPS) is 30.0. The van der Waals surface area contributed by atoms with Crippen LogP contribution in [0.4, 0.5) is 0 Å². The summed E-state index contributed by atoms with van der Waals surface area (Å²) in [7, 11) is 0. The molecule has 0 saturated heterocycles. The number of esters is 1. The van der Waals surface area contributed by atoms with E-state index < -0.39 is 18.0 Å². The lowest BCUT2D eigenvalue weighted by Crippen LogP contribution is -2.10. The molecule has 1 aliphatic carbocycles. The van der Waals surface area contributed by atoms with Gasteiger partial charge in [-0.2, -0.15) is 0 Å². The lowest BCUT2D eigenvalue weighted by molar-refractivity contribution is -0.142. The molecule has 0 radical (unpaired) electrons. The SMILES string of the molecule is C/C1=C/CC/C(C)=C/CC/C(C)=C/C2OC(=O)C(C(=O)O)=C2CC1. The molecule has 130 valence electrons. The number of ether oxygens (including phenoxy) is 1. The molecular formula is C20H26O4. The first kappa shape index (κ1) is 18.2. The fourth-order valence-corrected chi connectivity index (χ4v) is 3.12. The van der Waals surface area contributed by atoms with Crippen molar-refractivity contribution in [1.29, 1.82) is 0 Å². The minimum atomic E-state index is -1.19. The van der Waals surface area contributed by atoms with Crippen LogP contribution >= 0.6 is 0 Å². The molecule has 0 aromatic rings. The quantitative estimate of drug-likeness (QED) is 0.437. The molecule has 0 aromatic heterocycles. The largest absolute Gasteiger partial charge is 0.477 e. The van der Waals surface area contributed by atoms with Crippen LogP contribution in [-0.2, 0) is 14.3 Å². The van der Waals surface area contributed by atoms with Crippen molar-refractivity contribution in [2.45, 2.75) is 65.4 Å². The Balaban J connectivity index is 2.34. The average Bonchev–Trinajstić information content (AvgIpc) is 2.79. The zero-order valence-corrected chi connectivity index (χ0v) is 14.7. The Morgan fingerprint density at radius 1 is 1.00 bits per heavy atom. The molecule has 0 bridgehead atoms. The van der Waals surface area contributed by atoms with Gasteiger partial charge in [-0.15, -0.1) is 0 Å². The van der Waals surface area contributed by atoms with Crippen molar-refractivity contribution in [2.75, 3.05) is 0 Å². The Kier molecular flexibility index (Phi) is 6.18. The van der Waals surface area contributed by atoms with E-state index in [1.165, 1.54) is 11.1 Å². The van der Waals surface area contributed by atoms with Crippen LogP contribution in [0.1, 0.15) is 59.3 Å². The van der Waals surface area contributed by atoms with Crippen LogP contribution in [-0.4, -0.2) is 23.1 Å². The summed E-state index contributed by atoms with van der Waals surface area (Å²) in [4.78, 5) is 23.4. The minimum Gasteiger partial charge on any atom is -0.477 e. The van der Waals surface area contributed by atoms with E-state index in [4.69, 9.17) is 4.74 Å². The van der Waals surface area contributed by atoms with Gasteiger partial charge in [-0.1, -0.05) is 28.9 Å². The molecule has 4 heteroatoms. The van der Waals surface area contributed by atoms with E-state index in [1.54, 1.807) is 0 Å². The summed E-state index contributed by atoms with van der Waals surface area (Å²) < 4.78 is 5.32. The van der Waals surface area contributed by atoms with Gasteiger partial charge in [0.25, 0.3) is 0 Å². The van der Waals surface area contributed by atoms with Crippen LogP contribution in [0.15, 0.2) is 46.1 Å². The van der Waals surface area contributed by atoms with E-state index in [9.17, 15) is 14.7 Å². The van der Waals surface area contributed by atoms with Crippen LogP contribution in [0.3, 0.4) is 0 Å². The highest BCUT2D eigenvalue weighted by atomic mass is 16.6. The summed E-state index contributed by atoms with van der Waals surface area (Å²) >= 11 is 0. The Hall–Kier alpha value is -2.10. The number of hydrogen-bond donors (Lipinski definition) is 1. The molecule has 2 rings (SSSR count). The van der Waals surface area contributed by atoms with Gasteiger partial charge in [-0.05, 0) is 70.9 Å². The van der Waals surface area contributed by atoms with Crippen LogP contribution in [0.2, 0.25) is 0 Å². The maximum absolute atomic E-state index is 11.9. The third-order valence-corrected chi connectivity index (χ3v) is 4.60. The first-order valence-electron chi connectivity index (χ1n) is 8.54. The van der Waals surface area contributed by atoms with Gasteiger partial charge in [0.2, 0.25) is 0 Å². The second-order valence-corrected chi connectivity index (χ2v) is 6.72. The van der Waals surface area contributed by atoms with Crippen molar-refractivity contribution >= 4 is 11.9 Å². The van der Waals surface area contributed by atoms with E-state index in [0.717, 1.165) is 37.7 Å². The summed E-state index contributed by atoms with van der Waals surface area (Å²) in [6, 6.07) is 0. The molecule has 0 saturated carbocycles. The smallest absolute Gasteiger partial charge is 0.346 e. The summed E-state index contributed by atoms with van der Waals surface area (Å²) in [5, 5.41) is 9.35. The Bertz CT molecular complexity index is 647. The zero-order valence-electron chi connectivity index (χ0n) is 14.7. The molecular weight excluding hydrogens is 304 g/mol. The molecule has 1 aliphatic heterocycles. The highest BCUT2D eigenvalue weighted by Gasteiger charge is 2.36. The molecule has 0 amide bonds. The Labute approximate surface area is 143 Å². The molecule has 2 aliphatic rings. The minimum absolute atomic E-state index is 0.181. The maximum atomic E-state index is 11.9. The number of carbonyl (C=O) groups excluding carboxylic acids is 1. The van der Waals surface area contributed by atoms with Crippen molar-refractivity contribution in [1.82, 2.24) is 0 Å². The topological polar surface area (TPSA) is 63.6 Å². The van der Waals surface area contributed by atoms with Crippen molar-refractivity contribution < 1.29 is 19.4 Å². The second kappa shape index (κ2) is 8.13. The highest BCUT2D eigenvalue weighted by molar-refractivity contribution is 6.15.